The highest BCUT2D eigenvalue weighted by molar-refractivity contribution is 7.99. The van der Waals surface area contributed by atoms with Crippen LogP contribution in [0.5, 0.6) is 5.75 Å². The number of H-pyrrole nitrogens is 1. The highest BCUT2D eigenvalue weighted by atomic mass is 32.2. The number of hydrogen-bond acceptors (Lipinski definition) is 7. The summed E-state index contributed by atoms with van der Waals surface area (Å²) in [6.07, 6.45) is -1.38. The van der Waals surface area contributed by atoms with Gasteiger partial charge in [-0.15, -0.1) is 0 Å². The number of aromatic amines is 1. The minimum atomic E-state index is -4.14. The summed E-state index contributed by atoms with van der Waals surface area (Å²) in [4.78, 5) is 19.3. The summed E-state index contributed by atoms with van der Waals surface area (Å²) in [5.74, 6) is -0.525. The number of benzene rings is 3. The van der Waals surface area contributed by atoms with Crippen LogP contribution in [-0.2, 0) is 14.8 Å². The van der Waals surface area contributed by atoms with Crippen LogP contribution in [-0.4, -0.2) is 59.6 Å². The molecule has 9 nitrogen and oxygen atoms in total. The Morgan fingerprint density at radius 3 is 2.35 bits per heavy atom. The number of carbonyl (C=O) groups is 1. The van der Waals surface area contributed by atoms with Crippen molar-refractivity contribution in [3.05, 3.63) is 72.3 Å². The number of hydrogen-bond donors (Lipinski definition) is 4. The standard InChI is InChI=1S/C26H27N3O6S2/c1-16-3-12-22-23(13-16)28-26(27-22)36-15-19(30)14-24(25(31)32)29-37(33,34)21-10-6-18(7-11-21)17-4-8-20(35-2)9-5-17/h3-13,19,24,29-30H,14-15H2,1-2H3,(H,27,28)(H,31,32). The van der Waals surface area contributed by atoms with Crippen LogP contribution in [0.4, 0.5) is 0 Å². The molecule has 0 amide bonds. The third-order valence-electron chi connectivity index (χ3n) is 5.72. The van der Waals surface area contributed by atoms with Gasteiger partial charge in [0.1, 0.15) is 11.8 Å². The number of methoxy groups -OCH3 is 1. The molecular formula is C26H27N3O6S2. The van der Waals surface area contributed by atoms with Gasteiger partial charge in [0.05, 0.1) is 29.1 Å². The molecule has 0 radical (unpaired) electrons. The third kappa shape index (κ3) is 6.69. The summed E-state index contributed by atoms with van der Waals surface area (Å²) in [5.41, 5.74) is 4.41. The van der Waals surface area contributed by atoms with Gasteiger partial charge in [-0.2, -0.15) is 4.72 Å². The smallest absolute Gasteiger partial charge is 0.321 e. The number of rotatable bonds is 11. The van der Waals surface area contributed by atoms with Gasteiger partial charge < -0.3 is 19.9 Å². The van der Waals surface area contributed by atoms with Crippen molar-refractivity contribution in [1.29, 1.82) is 0 Å². The van der Waals surface area contributed by atoms with E-state index in [1.807, 2.05) is 37.3 Å². The number of nitrogens with one attached hydrogen (secondary N) is 2. The van der Waals surface area contributed by atoms with E-state index in [-0.39, 0.29) is 17.1 Å². The molecule has 0 saturated carbocycles. The number of aliphatic carboxylic acids is 1. The summed E-state index contributed by atoms with van der Waals surface area (Å²) in [6, 6.07) is 17.7. The van der Waals surface area contributed by atoms with E-state index in [4.69, 9.17) is 4.74 Å². The monoisotopic (exact) mass is 541 g/mol. The normalized spacial score (nSPS) is 13.4. The number of carboxylic acid groups (broad SMARTS) is 1. The Hall–Kier alpha value is -3.38. The number of fused-ring (bicyclic) bond motifs is 1. The van der Waals surface area contributed by atoms with E-state index in [0.29, 0.717) is 10.9 Å². The molecule has 0 spiro atoms. The fraction of sp³-hybridized carbons (Fsp3) is 0.231. The number of aliphatic hydroxyl groups is 1. The quantitative estimate of drug-likeness (QED) is 0.210. The zero-order chi connectivity index (χ0) is 26.6. The molecule has 0 aliphatic carbocycles. The van der Waals surface area contributed by atoms with Crippen molar-refractivity contribution in [1.82, 2.24) is 14.7 Å². The van der Waals surface area contributed by atoms with Crippen LogP contribution in [0.25, 0.3) is 22.2 Å². The second-order valence-corrected chi connectivity index (χ2v) is 11.3. The van der Waals surface area contributed by atoms with Crippen LogP contribution in [0, 0.1) is 6.92 Å². The van der Waals surface area contributed by atoms with Crippen LogP contribution < -0.4 is 9.46 Å². The second kappa shape index (κ2) is 11.3. The first kappa shape index (κ1) is 26.7. The van der Waals surface area contributed by atoms with Crippen LogP contribution in [0.15, 0.2) is 76.8 Å². The molecule has 0 bridgehead atoms. The summed E-state index contributed by atoms with van der Waals surface area (Å²) in [5, 5.41) is 20.6. The number of imidazole rings is 1. The van der Waals surface area contributed by atoms with Crippen LogP contribution >= 0.6 is 11.8 Å². The van der Waals surface area contributed by atoms with Gasteiger partial charge in [-0.25, -0.2) is 13.4 Å². The van der Waals surface area contributed by atoms with Gasteiger partial charge in [0, 0.05) is 12.2 Å². The number of aromatic nitrogens is 2. The molecule has 0 aliphatic heterocycles. The lowest BCUT2D eigenvalue weighted by Gasteiger charge is -2.18. The SMILES string of the molecule is COc1ccc(-c2ccc(S(=O)(=O)NC(CC(O)CSc3nc4ccc(C)cc4[nH]3)C(=O)O)cc2)cc1. The number of carboxylic acids is 1. The summed E-state index contributed by atoms with van der Waals surface area (Å²) in [7, 11) is -2.56. The van der Waals surface area contributed by atoms with Gasteiger partial charge in [0.25, 0.3) is 0 Å². The van der Waals surface area contributed by atoms with Crippen LogP contribution in [0.3, 0.4) is 0 Å². The van der Waals surface area contributed by atoms with E-state index >= 15 is 0 Å². The van der Waals surface area contributed by atoms with Crippen molar-refractivity contribution in [2.24, 2.45) is 0 Å². The van der Waals surface area contributed by atoms with Crippen molar-refractivity contribution in [3.8, 4) is 16.9 Å². The maximum absolute atomic E-state index is 12.9. The van der Waals surface area contributed by atoms with E-state index < -0.39 is 28.1 Å². The van der Waals surface area contributed by atoms with Crippen molar-refractivity contribution >= 4 is 38.8 Å². The van der Waals surface area contributed by atoms with E-state index in [2.05, 4.69) is 14.7 Å². The number of aliphatic hydroxyl groups excluding tert-OH is 1. The molecule has 2 unspecified atom stereocenters. The molecule has 4 aromatic rings. The highest BCUT2D eigenvalue weighted by Crippen LogP contribution is 2.25. The molecule has 0 aliphatic rings. The van der Waals surface area contributed by atoms with Gasteiger partial charge in [-0.05, 0) is 60.0 Å². The predicted molar refractivity (Wildman–Crippen MR) is 142 cm³/mol. The van der Waals surface area contributed by atoms with Crippen molar-refractivity contribution in [2.75, 3.05) is 12.9 Å². The Labute approximate surface area is 219 Å². The molecule has 0 fully saturated rings. The van der Waals surface area contributed by atoms with Crippen LogP contribution in [0.2, 0.25) is 0 Å². The molecule has 37 heavy (non-hydrogen) atoms. The number of aryl methyl sites for hydroxylation is 1. The predicted octanol–water partition coefficient (Wildman–Crippen LogP) is 3.82. The molecule has 4 N–H and O–H groups in total. The Bertz CT molecular complexity index is 1490. The van der Waals surface area contributed by atoms with Crippen molar-refractivity contribution in [3.63, 3.8) is 0 Å². The van der Waals surface area contributed by atoms with Gasteiger partial charge in [-0.1, -0.05) is 42.1 Å². The molecule has 3 aromatic carbocycles. The topological polar surface area (TPSA) is 142 Å². The minimum Gasteiger partial charge on any atom is -0.497 e. The molecule has 0 saturated heterocycles. The van der Waals surface area contributed by atoms with Crippen LogP contribution in [0.1, 0.15) is 12.0 Å². The average molecular weight is 542 g/mol. The largest absolute Gasteiger partial charge is 0.497 e. The maximum atomic E-state index is 12.9. The summed E-state index contributed by atoms with van der Waals surface area (Å²) in [6.45, 7) is 1.97. The van der Waals surface area contributed by atoms with E-state index in [1.54, 1.807) is 31.4 Å². The maximum Gasteiger partial charge on any atom is 0.321 e. The molecule has 1 heterocycles. The number of nitrogens with zero attached hydrogens (tertiary/aromatic N) is 1. The highest BCUT2D eigenvalue weighted by Gasteiger charge is 2.28. The minimum absolute atomic E-state index is 0.0718. The first-order valence-corrected chi connectivity index (χ1v) is 13.9. The lowest BCUT2D eigenvalue weighted by atomic mass is 10.1. The molecule has 1 aromatic heterocycles. The van der Waals surface area contributed by atoms with E-state index in [0.717, 1.165) is 27.7 Å². The fourth-order valence-corrected chi connectivity index (χ4v) is 5.78. The Morgan fingerprint density at radius 1 is 1.08 bits per heavy atom. The average Bonchev–Trinajstić information content (AvgIpc) is 3.29. The first-order chi connectivity index (χ1) is 17.6. The fourth-order valence-electron chi connectivity index (χ4n) is 3.75. The molecule has 194 valence electrons. The zero-order valence-corrected chi connectivity index (χ0v) is 21.8. The Morgan fingerprint density at radius 2 is 1.73 bits per heavy atom. The van der Waals surface area contributed by atoms with Crippen molar-refractivity contribution in [2.45, 2.75) is 35.5 Å². The summed E-state index contributed by atoms with van der Waals surface area (Å²) >= 11 is 1.24. The molecule has 4 rings (SSSR count). The van der Waals surface area contributed by atoms with E-state index in [1.165, 1.54) is 23.9 Å². The van der Waals surface area contributed by atoms with Gasteiger partial charge in [0.15, 0.2) is 5.16 Å². The van der Waals surface area contributed by atoms with Crippen molar-refractivity contribution < 1.29 is 28.2 Å². The van der Waals surface area contributed by atoms with Gasteiger partial charge in [-0.3, -0.25) is 4.79 Å². The lowest BCUT2D eigenvalue weighted by molar-refractivity contribution is -0.139. The van der Waals surface area contributed by atoms with Gasteiger partial charge in [0.2, 0.25) is 10.0 Å². The Balaban J connectivity index is 1.38. The first-order valence-electron chi connectivity index (χ1n) is 11.4. The number of ether oxygens (including phenoxy) is 1. The Kier molecular flexibility index (Phi) is 8.18. The zero-order valence-electron chi connectivity index (χ0n) is 20.2. The lowest BCUT2D eigenvalue weighted by Crippen LogP contribution is -2.43. The number of thioether (sulfide) groups is 1. The van der Waals surface area contributed by atoms with Gasteiger partial charge >= 0.3 is 5.97 Å². The molecule has 2 atom stereocenters. The third-order valence-corrected chi connectivity index (χ3v) is 8.23. The number of sulfonamides is 1. The van der Waals surface area contributed by atoms with E-state index in [9.17, 15) is 23.4 Å². The summed E-state index contributed by atoms with van der Waals surface area (Å²) < 4.78 is 33.1. The molecule has 11 heteroatoms. The molecular weight excluding hydrogens is 514 g/mol. The second-order valence-electron chi connectivity index (χ2n) is 8.53.